The predicted octanol–water partition coefficient (Wildman–Crippen LogP) is 0.488. The van der Waals surface area contributed by atoms with Crippen molar-refractivity contribution in [3.8, 4) is 12.3 Å². The van der Waals surface area contributed by atoms with Crippen molar-refractivity contribution in [2.24, 2.45) is 5.92 Å². The Hall–Kier alpha value is -0.970. The van der Waals surface area contributed by atoms with E-state index < -0.39 is 0 Å². The molecule has 1 aliphatic rings. The third-order valence-electron chi connectivity index (χ3n) is 1.90. The number of amides is 1. The molecule has 1 fully saturated rings. The Bertz CT molecular complexity index is 180. The molecule has 0 saturated carbocycles. The van der Waals surface area contributed by atoms with Crippen molar-refractivity contribution in [1.82, 2.24) is 4.90 Å². The van der Waals surface area contributed by atoms with Gasteiger partial charge in [0, 0.05) is 20.0 Å². The number of rotatable bonds is 1. The van der Waals surface area contributed by atoms with Crippen LogP contribution in [-0.2, 0) is 4.79 Å². The molecule has 0 aromatic heterocycles. The molecule has 54 valence electrons. The molecule has 0 radical (unpaired) electrons. The molecule has 0 aliphatic carbocycles. The van der Waals surface area contributed by atoms with Gasteiger partial charge in [0.25, 0.3) is 0 Å². The first-order chi connectivity index (χ1) is 4.75. The summed E-state index contributed by atoms with van der Waals surface area (Å²) in [6.07, 6.45) is 6.63. The van der Waals surface area contributed by atoms with Gasteiger partial charge in [-0.1, -0.05) is 0 Å². The summed E-state index contributed by atoms with van der Waals surface area (Å²) in [4.78, 5) is 12.9. The smallest absolute Gasteiger partial charge is 0.226 e. The predicted molar refractivity (Wildman–Crippen MR) is 39.2 cm³/mol. The van der Waals surface area contributed by atoms with Gasteiger partial charge >= 0.3 is 0 Å². The van der Waals surface area contributed by atoms with Gasteiger partial charge in [0.15, 0.2) is 0 Å². The largest absolute Gasteiger partial charge is 0.345 e. The number of hydrogen-bond donors (Lipinski definition) is 0. The SMILES string of the molecule is C#CC[C@@H]1CCN(C)C1=O. The zero-order chi connectivity index (χ0) is 7.56. The molecule has 2 nitrogen and oxygen atoms in total. The second kappa shape index (κ2) is 2.74. The summed E-state index contributed by atoms with van der Waals surface area (Å²) >= 11 is 0. The first-order valence-corrected chi connectivity index (χ1v) is 3.44. The Kier molecular flexibility index (Phi) is 1.96. The molecule has 0 N–H and O–H groups in total. The minimum absolute atomic E-state index is 0.106. The lowest BCUT2D eigenvalue weighted by atomic mass is 10.1. The van der Waals surface area contributed by atoms with Crippen LogP contribution in [0.5, 0.6) is 0 Å². The molecule has 1 aliphatic heterocycles. The number of likely N-dealkylation sites (tertiary alicyclic amines) is 1. The lowest BCUT2D eigenvalue weighted by molar-refractivity contribution is -0.129. The molecule has 1 atom stereocenters. The summed E-state index contributed by atoms with van der Waals surface area (Å²) in [7, 11) is 1.82. The van der Waals surface area contributed by atoms with Crippen LogP contribution in [0.15, 0.2) is 0 Å². The second-order valence-electron chi connectivity index (χ2n) is 2.65. The van der Waals surface area contributed by atoms with E-state index >= 15 is 0 Å². The quantitative estimate of drug-likeness (QED) is 0.481. The molecule has 0 aromatic rings. The van der Waals surface area contributed by atoms with Gasteiger partial charge in [-0.3, -0.25) is 4.79 Å². The van der Waals surface area contributed by atoms with Gasteiger partial charge < -0.3 is 4.90 Å². The van der Waals surface area contributed by atoms with Gasteiger partial charge in [-0.15, -0.1) is 12.3 Å². The second-order valence-corrected chi connectivity index (χ2v) is 2.65. The maximum Gasteiger partial charge on any atom is 0.226 e. The van der Waals surface area contributed by atoms with E-state index in [4.69, 9.17) is 6.42 Å². The first-order valence-electron chi connectivity index (χ1n) is 3.44. The van der Waals surface area contributed by atoms with Gasteiger partial charge in [-0.05, 0) is 6.42 Å². The monoisotopic (exact) mass is 137 g/mol. The molecule has 10 heavy (non-hydrogen) atoms. The fourth-order valence-corrected chi connectivity index (χ4v) is 1.23. The van der Waals surface area contributed by atoms with Gasteiger partial charge in [-0.2, -0.15) is 0 Å². The Morgan fingerprint density at radius 1 is 1.90 bits per heavy atom. The summed E-state index contributed by atoms with van der Waals surface area (Å²) < 4.78 is 0. The summed E-state index contributed by atoms with van der Waals surface area (Å²) in [5.41, 5.74) is 0. The van der Waals surface area contributed by atoms with Crippen molar-refractivity contribution in [3.63, 3.8) is 0 Å². The van der Waals surface area contributed by atoms with Crippen molar-refractivity contribution < 1.29 is 4.79 Å². The van der Waals surface area contributed by atoms with Crippen molar-refractivity contribution in [3.05, 3.63) is 0 Å². The molecule has 0 unspecified atom stereocenters. The van der Waals surface area contributed by atoms with E-state index in [-0.39, 0.29) is 11.8 Å². The number of terminal acetylenes is 1. The Balaban J connectivity index is 2.51. The fraction of sp³-hybridized carbons (Fsp3) is 0.625. The van der Waals surface area contributed by atoms with Crippen LogP contribution in [0.2, 0.25) is 0 Å². The van der Waals surface area contributed by atoms with Crippen LogP contribution in [-0.4, -0.2) is 24.4 Å². The lowest BCUT2D eigenvalue weighted by Gasteiger charge is -2.06. The Morgan fingerprint density at radius 2 is 2.60 bits per heavy atom. The van der Waals surface area contributed by atoms with Gasteiger partial charge in [0.1, 0.15) is 0 Å². The van der Waals surface area contributed by atoms with Crippen molar-refractivity contribution >= 4 is 5.91 Å². The number of carbonyl (C=O) groups is 1. The maximum absolute atomic E-state index is 11.1. The van der Waals surface area contributed by atoms with Crippen LogP contribution in [0.25, 0.3) is 0 Å². The lowest BCUT2D eigenvalue weighted by Crippen LogP contribution is -2.22. The molecular weight excluding hydrogens is 126 g/mol. The van der Waals surface area contributed by atoms with E-state index in [9.17, 15) is 4.79 Å². The topological polar surface area (TPSA) is 20.3 Å². The third-order valence-corrected chi connectivity index (χ3v) is 1.90. The molecule has 0 spiro atoms. The first kappa shape index (κ1) is 7.14. The van der Waals surface area contributed by atoms with Crippen LogP contribution in [0.4, 0.5) is 0 Å². The van der Waals surface area contributed by atoms with Crippen LogP contribution in [0, 0.1) is 18.3 Å². The van der Waals surface area contributed by atoms with E-state index in [0.717, 1.165) is 13.0 Å². The van der Waals surface area contributed by atoms with Crippen molar-refractivity contribution in [2.75, 3.05) is 13.6 Å². The average molecular weight is 137 g/mol. The zero-order valence-electron chi connectivity index (χ0n) is 6.13. The third kappa shape index (κ3) is 1.13. The highest BCUT2D eigenvalue weighted by Gasteiger charge is 2.27. The van der Waals surface area contributed by atoms with Gasteiger partial charge in [0.05, 0.1) is 5.92 Å². The van der Waals surface area contributed by atoms with Crippen LogP contribution < -0.4 is 0 Å². The van der Waals surface area contributed by atoms with E-state index in [1.165, 1.54) is 0 Å². The van der Waals surface area contributed by atoms with Gasteiger partial charge in [-0.25, -0.2) is 0 Å². The number of carbonyl (C=O) groups excluding carboxylic acids is 1. The summed E-state index contributed by atoms with van der Waals surface area (Å²) in [6.45, 7) is 0.866. The molecule has 2 heteroatoms. The number of hydrogen-bond acceptors (Lipinski definition) is 1. The average Bonchev–Trinajstić information content (AvgIpc) is 2.20. The highest BCUT2D eigenvalue weighted by molar-refractivity contribution is 5.80. The van der Waals surface area contributed by atoms with E-state index in [1.54, 1.807) is 4.90 Å². The Morgan fingerprint density at radius 3 is 3.00 bits per heavy atom. The summed E-state index contributed by atoms with van der Waals surface area (Å²) in [5, 5.41) is 0. The van der Waals surface area contributed by atoms with E-state index in [0.29, 0.717) is 6.42 Å². The highest BCUT2D eigenvalue weighted by Crippen LogP contribution is 2.18. The fourth-order valence-electron chi connectivity index (χ4n) is 1.23. The molecular formula is C8H11NO. The molecule has 1 heterocycles. The van der Waals surface area contributed by atoms with Crippen LogP contribution in [0.1, 0.15) is 12.8 Å². The molecule has 1 amide bonds. The summed E-state index contributed by atoms with van der Waals surface area (Å²) in [6, 6.07) is 0. The van der Waals surface area contributed by atoms with E-state index in [2.05, 4.69) is 5.92 Å². The highest BCUT2D eigenvalue weighted by atomic mass is 16.2. The number of nitrogens with zero attached hydrogens (tertiary/aromatic N) is 1. The zero-order valence-corrected chi connectivity index (χ0v) is 6.13. The standard InChI is InChI=1S/C8H11NO/c1-3-4-7-5-6-9(2)8(7)10/h1,7H,4-6H2,2H3/t7-/m1/s1. The molecule has 0 bridgehead atoms. The van der Waals surface area contributed by atoms with Crippen molar-refractivity contribution in [2.45, 2.75) is 12.8 Å². The van der Waals surface area contributed by atoms with Gasteiger partial charge in [0.2, 0.25) is 5.91 Å². The molecule has 1 rings (SSSR count). The molecule has 0 aromatic carbocycles. The molecule has 1 saturated heterocycles. The maximum atomic E-state index is 11.1. The van der Waals surface area contributed by atoms with Crippen molar-refractivity contribution in [1.29, 1.82) is 0 Å². The van der Waals surface area contributed by atoms with Crippen LogP contribution >= 0.6 is 0 Å². The minimum atomic E-state index is 0.106. The Labute approximate surface area is 61.2 Å². The summed E-state index contributed by atoms with van der Waals surface area (Å²) in [5.74, 6) is 2.83. The normalized spacial score (nSPS) is 25.0. The van der Waals surface area contributed by atoms with E-state index in [1.807, 2.05) is 7.05 Å². The minimum Gasteiger partial charge on any atom is -0.345 e. The van der Waals surface area contributed by atoms with Crippen LogP contribution in [0.3, 0.4) is 0 Å².